The lowest BCUT2D eigenvalue weighted by Gasteiger charge is -2.12. The van der Waals surface area contributed by atoms with E-state index in [1.165, 1.54) is 0 Å². The number of ether oxygens (including phenoxy) is 2. The third-order valence-electron chi connectivity index (χ3n) is 2.71. The molecule has 0 radical (unpaired) electrons. The molecule has 1 atom stereocenters. The van der Waals surface area contributed by atoms with Crippen LogP contribution < -0.4 is 10.5 Å². The van der Waals surface area contributed by atoms with Crippen molar-refractivity contribution < 1.29 is 9.47 Å². The molecule has 17 heavy (non-hydrogen) atoms. The zero-order valence-corrected chi connectivity index (χ0v) is 11.7. The van der Waals surface area contributed by atoms with Gasteiger partial charge in [-0.15, -0.1) is 0 Å². The minimum atomic E-state index is 0.390. The molecule has 5 heteroatoms. The fourth-order valence-corrected chi connectivity index (χ4v) is 2.31. The average Bonchev–Trinajstić information content (AvgIpc) is 2.80. The molecular weight excluding hydrogens is 302 g/mol. The summed E-state index contributed by atoms with van der Waals surface area (Å²) < 4.78 is 11.9. The number of benzene rings is 1. The van der Waals surface area contributed by atoms with Crippen LogP contribution in [0.25, 0.3) is 0 Å². The molecule has 0 aromatic heterocycles. The highest BCUT2D eigenvalue weighted by Gasteiger charge is 2.16. The largest absolute Gasteiger partial charge is 0.492 e. The molecule has 1 aromatic rings. The van der Waals surface area contributed by atoms with E-state index in [1.54, 1.807) is 0 Å². The minimum Gasteiger partial charge on any atom is -0.492 e. The molecule has 0 amide bonds. The van der Waals surface area contributed by atoms with Gasteiger partial charge in [0.05, 0.1) is 17.7 Å². The van der Waals surface area contributed by atoms with Crippen molar-refractivity contribution >= 4 is 33.1 Å². The highest BCUT2D eigenvalue weighted by Crippen LogP contribution is 2.27. The summed E-state index contributed by atoms with van der Waals surface area (Å²) in [5.74, 6) is 1.31. The van der Waals surface area contributed by atoms with Crippen LogP contribution in [0.4, 0.5) is 0 Å². The van der Waals surface area contributed by atoms with Gasteiger partial charge in [-0.05, 0) is 40.5 Å². The molecule has 1 aliphatic rings. The Hall–Kier alpha value is -0.650. The Kier molecular flexibility index (Phi) is 4.36. The standard InChI is InChI=1S/C12H14BrNO2S/c13-10-5-9(12(14)17)1-2-11(10)16-7-8-3-4-15-6-8/h1-2,5,8H,3-4,6-7H2,(H2,14,17). The van der Waals surface area contributed by atoms with Crippen LogP contribution in [0.1, 0.15) is 12.0 Å². The van der Waals surface area contributed by atoms with E-state index >= 15 is 0 Å². The second-order valence-electron chi connectivity index (χ2n) is 4.05. The lowest BCUT2D eigenvalue weighted by Crippen LogP contribution is -2.12. The average molecular weight is 316 g/mol. The SMILES string of the molecule is NC(=S)c1ccc(OCC2CCOC2)c(Br)c1. The van der Waals surface area contributed by atoms with Gasteiger partial charge in [0.2, 0.25) is 0 Å². The van der Waals surface area contributed by atoms with E-state index in [9.17, 15) is 0 Å². The van der Waals surface area contributed by atoms with Gasteiger partial charge in [-0.2, -0.15) is 0 Å². The molecule has 1 saturated heterocycles. The Bertz CT molecular complexity index is 419. The Morgan fingerprint density at radius 3 is 3.00 bits per heavy atom. The summed E-state index contributed by atoms with van der Waals surface area (Å²) in [6.45, 7) is 2.32. The highest BCUT2D eigenvalue weighted by atomic mass is 79.9. The van der Waals surface area contributed by atoms with Gasteiger partial charge in [-0.25, -0.2) is 0 Å². The molecule has 1 aromatic carbocycles. The quantitative estimate of drug-likeness (QED) is 0.867. The first-order valence-electron chi connectivity index (χ1n) is 5.46. The number of rotatable bonds is 4. The van der Waals surface area contributed by atoms with Crippen molar-refractivity contribution in [1.29, 1.82) is 0 Å². The molecule has 1 fully saturated rings. The van der Waals surface area contributed by atoms with Crippen molar-refractivity contribution in [3.63, 3.8) is 0 Å². The molecule has 0 saturated carbocycles. The van der Waals surface area contributed by atoms with Gasteiger partial charge < -0.3 is 15.2 Å². The van der Waals surface area contributed by atoms with Crippen LogP contribution in [0.3, 0.4) is 0 Å². The number of thiocarbonyl (C=S) groups is 1. The summed E-state index contributed by atoms with van der Waals surface area (Å²) in [6.07, 6.45) is 1.07. The Morgan fingerprint density at radius 2 is 2.41 bits per heavy atom. The maximum atomic E-state index is 5.74. The second kappa shape index (κ2) is 5.80. The maximum Gasteiger partial charge on any atom is 0.133 e. The monoisotopic (exact) mass is 315 g/mol. The van der Waals surface area contributed by atoms with Crippen LogP contribution in [-0.4, -0.2) is 24.8 Å². The van der Waals surface area contributed by atoms with Crippen LogP contribution in [0.2, 0.25) is 0 Å². The first-order valence-corrected chi connectivity index (χ1v) is 6.67. The van der Waals surface area contributed by atoms with Gasteiger partial charge in [0.1, 0.15) is 10.7 Å². The van der Waals surface area contributed by atoms with Crippen molar-refractivity contribution in [3.05, 3.63) is 28.2 Å². The van der Waals surface area contributed by atoms with Gasteiger partial charge in [0.15, 0.2) is 0 Å². The summed E-state index contributed by atoms with van der Waals surface area (Å²) in [4.78, 5) is 0.390. The highest BCUT2D eigenvalue weighted by molar-refractivity contribution is 9.10. The van der Waals surface area contributed by atoms with E-state index in [0.29, 0.717) is 17.5 Å². The minimum absolute atomic E-state index is 0.390. The summed E-state index contributed by atoms with van der Waals surface area (Å²) >= 11 is 8.37. The second-order valence-corrected chi connectivity index (χ2v) is 5.34. The molecule has 0 bridgehead atoms. The fourth-order valence-electron chi connectivity index (χ4n) is 1.69. The summed E-state index contributed by atoms with van der Waals surface area (Å²) in [5, 5.41) is 0. The van der Waals surface area contributed by atoms with E-state index in [2.05, 4.69) is 15.9 Å². The van der Waals surface area contributed by atoms with Gasteiger partial charge in [-0.3, -0.25) is 0 Å². The number of nitrogens with two attached hydrogens (primary N) is 1. The van der Waals surface area contributed by atoms with Gasteiger partial charge in [0, 0.05) is 18.1 Å². The zero-order chi connectivity index (χ0) is 12.3. The van der Waals surface area contributed by atoms with Gasteiger partial charge in [-0.1, -0.05) is 12.2 Å². The van der Waals surface area contributed by atoms with Crippen molar-refractivity contribution in [2.75, 3.05) is 19.8 Å². The van der Waals surface area contributed by atoms with Crippen molar-refractivity contribution in [1.82, 2.24) is 0 Å². The van der Waals surface area contributed by atoms with Crippen molar-refractivity contribution in [3.8, 4) is 5.75 Å². The molecule has 2 rings (SSSR count). The molecule has 0 aliphatic carbocycles. The molecular formula is C12H14BrNO2S. The van der Waals surface area contributed by atoms with Crippen LogP contribution in [0.15, 0.2) is 22.7 Å². The predicted octanol–water partition coefficient (Wildman–Crippen LogP) is 2.50. The molecule has 0 spiro atoms. The lowest BCUT2D eigenvalue weighted by atomic mass is 10.1. The van der Waals surface area contributed by atoms with Crippen LogP contribution in [0, 0.1) is 5.92 Å². The molecule has 1 aliphatic heterocycles. The lowest BCUT2D eigenvalue weighted by molar-refractivity contribution is 0.167. The van der Waals surface area contributed by atoms with E-state index in [-0.39, 0.29) is 0 Å². The molecule has 1 heterocycles. The van der Waals surface area contributed by atoms with Gasteiger partial charge in [0.25, 0.3) is 0 Å². The number of halogens is 1. The topological polar surface area (TPSA) is 44.5 Å². The van der Waals surface area contributed by atoms with E-state index in [0.717, 1.165) is 35.4 Å². The van der Waals surface area contributed by atoms with Gasteiger partial charge >= 0.3 is 0 Å². The Morgan fingerprint density at radius 1 is 1.59 bits per heavy atom. The third-order valence-corrected chi connectivity index (χ3v) is 3.57. The fraction of sp³-hybridized carbons (Fsp3) is 0.417. The Labute approximate surface area is 114 Å². The van der Waals surface area contributed by atoms with Crippen LogP contribution in [-0.2, 0) is 4.74 Å². The van der Waals surface area contributed by atoms with Crippen molar-refractivity contribution in [2.24, 2.45) is 11.7 Å². The number of hydrogen-bond acceptors (Lipinski definition) is 3. The van der Waals surface area contributed by atoms with E-state index in [4.69, 9.17) is 27.4 Å². The smallest absolute Gasteiger partial charge is 0.133 e. The molecule has 2 N–H and O–H groups in total. The van der Waals surface area contributed by atoms with Crippen LogP contribution >= 0.6 is 28.1 Å². The first kappa shape index (κ1) is 12.8. The van der Waals surface area contributed by atoms with E-state index in [1.807, 2.05) is 18.2 Å². The predicted molar refractivity (Wildman–Crippen MR) is 74.5 cm³/mol. The summed E-state index contributed by atoms with van der Waals surface area (Å²) in [5.41, 5.74) is 6.40. The first-order chi connectivity index (χ1) is 8.16. The summed E-state index contributed by atoms with van der Waals surface area (Å²) in [6, 6.07) is 5.63. The maximum absolute atomic E-state index is 5.74. The number of hydrogen-bond donors (Lipinski definition) is 1. The normalized spacial score (nSPS) is 19.2. The van der Waals surface area contributed by atoms with Crippen molar-refractivity contribution in [2.45, 2.75) is 6.42 Å². The van der Waals surface area contributed by atoms with Crippen LogP contribution in [0.5, 0.6) is 5.75 Å². The zero-order valence-electron chi connectivity index (χ0n) is 9.32. The summed E-state index contributed by atoms with van der Waals surface area (Å²) in [7, 11) is 0. The third kappa shape index (κ3) is 3.40. The van der Waals surface area contributed by atoms with E-state index < -0.39 is 0 Å². The molecule has 92 valence electrons. The Balaban J connectivity index is 1.98. The molecule has 3 nitrogen and oxygen atoms in total. The molecule has 1 unspecified atom stereocenters.